The summed E-state index contributed by atoms with van der Waals surface area (Å²) in [5.74, 6) is 0.802. The fourth-order valence-electron chi connectivity index (χ4n) is 2.36. The number of piperidine rings is 1. The van der Waals surface area contributed by atoms with Crippen LogP contribution in [0.4, 0.5) is 0 Å². The molecule has 0 spiro atoms. The van der Waals surface area contributed by atoms with Gasteiger partial charge in [-0.3, -0.25) is 4.79 Å². The van der Waals surface area contributed by atoms with Crippen molar-refractivity contribution in [3.8, 4) is 5.75 Å². The zero-order valence-electron chi connectivity index (χ0n) is 11.3. The number of amides is 1. The molecule has 0 bridgehead atoms. The maximum Gasteiger partial charge on any atom is 0.253 e. The van der Waals surface area contributed by atoms with Crippen LogP contribution in [-0.2, 0) is 0 Å². The first kappa shape index (κ1) is 14.3. The topological polar surface area (TPSA) is 41.6 Å². The molecule has 4 nitrogen and oxygen atoms in total. The van der Waals surface area contributed by atoms with Crippen LogP contribution >= 0.6 is 15.9 Å². The van der Waals surface area contributed by atoms with Crippen LogP contribution in [0.2, 0.25) is 0 Å². The summed E-state index contributed by atoms with van der Waals surface area (Å²) in [7, 11) is 3.50. The van der Waals surface area contributed by atoms with Gasteiger partial charge < -0.3 is 15.0 Å². The van der Waals surface area contributed by atoms with Crippen LogP contribution in [0.5, 0.6) is 5.75 Å². The highest BCUT2D eigenvalue weighted by atomic mass is 79.9. The lowest BCUT2D eigenvalue weighted by atomic mass is 10.0. The molecule has 1 N–H and O–H groups in total. The molecule has 0 aromatic heterocycles. The van der Waals surface area contributed by atoms with Crippen LogP contribution in [0.3, 0.4) is 0 Å². The van der Waals surface area contributed by atoms with Crippen molar-refractivity contribution >= 4 is 21.8 Å². The average Bonchev–Trinajstić information content (AvgIpc) is 2.46. The van der Waals surface area contributed by atoms with Gasteiger partial charge in [-0.1, -0.05) is 0 Å². The molecule has 2 rings (SSSR count). The van der Waals surface area contributed by atoms with Gasteiger partial charge >= 0.3 is 0 Å². The third-order valence-electron chi connectivity index (χ3n) is 3.58. The molecule has 0 aliphatic carbocycles. The third kappa shape index (κ3) is 3.28. The quantitative estimate of drug-likeness (QED) is 0.926. The highest BCUT2D eigenvalue weighted by Gasteiger charge is 2.23. The van der Waals surface area contributed by atoms with E-state index in [9.17, 15) is 4.79 Å². The second-order valence-corrected chi connectivity index (χ2v) is 5.60. The van der Waals surface area contributed by atoms with E-state index in [-0.39, 0.29) is 5.91 Å². The SMILES string of the molecule is COc1ccc(C(=O)N(C)C2CCNCC2)cc1Br. The molecule has 1 aliphatic heterocycles. The zero-order valence-corrected chi connectivity index (χ0v) is 12.9. The number of rotatable bonds is 3. The van der Waals surface area contributed by atoms with Crippen molar-refractivity contribution in [1.29, 1.82) is 0 Å². The van der Waals surface area contributed by atoms with Gasteiger partial charge in [0.05, 0.1) is 11.6 Å². The minimum Gasteiger partial charge on any atom is -0.496 e. The number of carbonyl (C=O) groups excluding carboxylic acids is 1. The number of halogens is 1. The van der Waals surface area contributed by atoms with Gasteiger partial charge in [0.25, 0.3) is 5.91 Å². The van der Waals surface area contributed by atoms with E-state index in [1.54, 1.807) is 7.11 Å². The van der Waals surface area contributed by atoms with Gasteiger partial charge in [0.2, 0.25) is 0 Å². The van der Waals surface area contributed by atoms with Crippen LogP contribution in [0, 0.1) is 0 Å². The summed E-state index contributed by atoms with van der Waals surface area (Å²) in [6.45, 7) is 1.96. The summed E-state index contributed by atoms with van der Waals surface area (Å²) in [5.41, 5.74) is 0.689. The van der Waals surface area contributed by atoms with Crippen LogP contribution in [-0.4, -0.2) is 44.1 Å². The number of benzene rings is 1. The molecule has 19 heavy (non-hydrogen) atoms. The second kappa shape index (κ2) is 6.39. The second-order valence-electron chi connectivity index (χ2n) is 4.75. The van der Waals surface area contributed by atoms with E-state index in [1.807, 2.05) is 30.1 Å². The summed E-state index contributed by atoms with van der Waals surface area (Å²) >= 11 is 3.42. The normalized spacial score (nSPS) is 16.2. The molecule has 1 amide bonds. The molecule has 0 radical (unpaired) electrons. The lowest BCUT2D eigenvalue weighted by Crippen LogP contribution is -2.43. The third-order valence-corrected chi connectivity index (χ3v) is 4.20. The molecule has 1 heterocycles. The van der Waals surface area contributed by atoms with Crippen molar-refractivity contribution < 1.29 is 9.53 Å². The molecular formula is C14H19BrN2O2. The number of carbonyl (C=O) groups is 1. The minimum atomic E-state index is 0.0650. The van der Waals surface area contributed by atoms with Crippen molar-refractivity contribution in [3.63, 3.8) is 0 Å². The largest absolute Gasteiger partial charge is 0.496 e. The zero-order chi connectivity index (χ0) is 13.8. The number of nitrogens with zero attached hydrogens (tertiary/aromatic N) is 1. The van der Waals surface area contributed by atoms with Gasteiger partial charge in [-0.25, -0.2) is 0 Å². The first-order chi connectivity index (χ1) is 9.13. The van der Waals surface area contributed by atoms with E-state index in [4.69, 9.17) is 4.74 Å². The Labute approximate surface area is 122 Å². The predicted molar refractivity (Wildman–Crippen MR) is 78.7 cm³/mol. The van der Waals surface area contributed by atoms with Gasteiger partial charge in [-0.2, -0.15) is 0 Å². The summed E-state index contributed by atoms with van der Waals surface area (Å²) in [6, 6.07) is 5.77. The Morgan fingerprint density at radius 2 is 2.11 bits per heavy atom. The molecule has 1 aliphatic rings. The van der Waals surface area contributed by atoms with Crippen LogP contribution in [0.15, 0.2) is 22.7 Å². The summed E-state index contributed by atoms with van der Waals surface area (Å²) in [5, 5.41) is 3.31. The first-order valence-corrected chi connectivity index (χ1v) is 7.24. The Morgan fingerprint density at radius 3 is 2.68 bits per heavy atom. The molecular weight excluding hydrogens is 308 g/mol. The number of ether oxygens (including phenoxy) is 1. The first-order valence-electron chi connectivity index (χ1n) is 6.45. The highest BCUT2D eigenvalue weighted by Crippen LogP contribution is 2.26. The van der Waals surface area contributed by atoms with E-state index in [2.05, 4.69) is 21.2 Å². The standard InChI is InChI=1S/C14H19BrN2O2/c1-17(11-5-7-16-8-6-11)14(18)10-3-4-13(19-2)12(15)9-10/h3-4,9,11,16H,5-8H2,1-2H3. The molecule has 1 aromatic rings. The average molecular weight is 327 g/mol. The summed E-state index contributed by atoms with van der Waals surface area (Å²) in [4.78, 5) is 14.3. The van der Waals surface area contributed by atoms with E-state index in [0.29, 0.717) is 11.6 Å². The molecule has 1 fully saturated rings. The number of methoxy groups -OCH3 is 1. The minimum absolute atomic E-state index is 0.0650. The van der Waals surface area contributed by atoms with Gasteiger partial charge in [-0.15, -0.1) is 0 Å². The van der Waals surface area contributed by atoms with E-state index in [0.717, 1.165) is 36.2 Å². The molecule has 1 saturated heterocycles. The predicted octanol–water partition coefficient (Wildman–Crippen LogP) is 2.28. The molecule has 0 saturated carbocycles. The number of hydrogen-bond donors (Lipinski definition) is 1. The maximum atomic E-state index is 12.4. The molecule has 1 aromatic carbocycles. The molecule has 0 atom stereocenters. The smallest absolute Gasteiger partial charge is 0.253 e. The lowest BCUT2D eigenvalue weighted by Gasteiger charge is -2.31. The van der Waals surface area contributed by atoms with Crippen molar-refractivity contribution in [2.45, 2.75) is 18.9 Å². The van der Waals surface area contributed by atoms with Crippen molar-refractivity contribution in [1.82, 2.24) is 10.2 Å². The molecule has 104 valence electrons. The highest BCUT2D eigenvalue weighted by molar-refractivity contribution is 9.10. The van der Waals surface area contributed by atoms with E-state index >= 15 is 0 Å². The van der Waals surface area contributed by atoms with Crippen molar-refractivity contribution in [2.75, 3.05) is 27.2 Å². The fraction of sp³-hybridized carbons (Fsp3) is 0.500. The van der Waals surface area contributed by atoms with Crippen LogP contribution < -0.4 is 10.1 Å². The van der Waals surface area contributed by atoms with Gasteiger partial charge in [0, 0.05) is 18.7 Å². The van der Waals surface area contributed by atoms with Gasteiger partial charge in [0.1, 0.15) is 5.75 Å². The van der Waals surface area contributed by atoms with Crippen LogP contribution in [0.1, 0.15) is 23.2 Å². The Morgan fingerprint density at radius 1 is 1.42 bits per heavy atom. The van der Waals surface area contributed by atoms with Gasteiger partial charge in [-0.05, 0) is 60.1 Å². The van der Waals surface area contributed by atoms with Crippen molar-refractivity contribution in [3.05, 3.63) is 28.2 Å². The molecule has 5 heteroatoms. The lowest BCUT2D eigenvalue weighted by molar-refractivity contribution is 0.0703. The van der Waals surface area contributed by atoms with E-state index in [1.165, 1.54) is 0 Å². The number of nitrogens with one attached hydrogen (secondary N) is 1. The monoisotopic (exact) mass is 326 g/mol. The van der Waals surface area contributed by atoms with Crippen molar-refractivity contribution in [2.24, 2.45) is 0 Å². The summed E-state index contributed by atoms with van der Waals surface area (Å²) in [6.07, 6.45) is 2.03. The van der Waals surface area contributed by atoms with Gasteiger partial charge in [0.15, 0.2) is 0 Å². The maximum absolute atomic E-state index is 12.4. The Kier molecular flexibility index (Phi) is 4.82. The number of hydrogen-bond acceptors (Lipinski definition) is 3. The molecule has 0 unspecified atom stereocenters. The van der Waals surface area contributed by atoms with E-state index < -0.39 is 0 Å². The Balaban J connectivity index is 2.12. The summed E-state index contributed by atoms with van der Waals surface area (Å²) < 4.78 is 5.98. The Hall–Kier alpha value is -1.07. The van der Waals surface area contributed by atoms with Crippen LogP contribution in [0.25, 0.3) is 0 Å². The fourth-order valence-corrected chi connectivity index (χ4v) is 2.90. The Bertz CT molecular complexity index is 459.